The monoisotopic (exact) mass is 343 g/mol. The van der Waals surface area contributed by atoms with Gasteiger partial charge >= 0.3 is 0 Å². The molecule has 23 heavy (non-hydrogen) atoms. The van der Waals surface area contributed by atoms with Crippen LogP contribution in [-0.4, -0.2) is 71.7 Å². The Bertz CT molecular complexity index is 600. The first-order valence-electron chi connectivity index (χ1n) is 7.57. The summed E-state index contributed by atoms with van der Waals surface area (Å²) in [5, 5.41) is 0. The van der Waals surface area contributed by atoms with E-state index in [4.69, 9.17) is 9.47 Å². The van der Waals surface area contributed by atoms with Crippen molar-refractivity contribution in [1.29, 1.82) is 0 Å². The summed E-state index contributed by atoms with van der Waals surface area (Å²) in [5.41, 5.74) is 0.971. The van der Waals surface area contributed by atoms with Crippen LogP contribution in [0.2, 0.25) is 0 Å². The molecule has 1 fully saturated rings. The van der Waals surface area contributed by atoms with E-state index in [2.05, 4.69) is 9.62 Å². The second kappa shape index (κ2) is 8.07. The number of morpholine rings is 1. The number of benzene rings is 1. The second-order valence-electron chi connectivity index (χ2n) is 5.54. The van der Waals surface area contributed by atoms with E-state index in [0.29, 0.717) is 13.2 Å². The first-order chi connectivity index (χ1) is 11.0. The molecule has 7 nitrogen and oxygen atoms in total. The van der Waals surface area contributed by atoms with Crippen molar-refractivity contribution in [2.24, 2.45) is 0 Å². The van der Waals surface area contributed by atoms with E-state index in [1.807, 2.05) is 24.3 Å². The van der Waals surface area contributed by atoms with Gasteiger partial charge in [0.05, 0.1) is 26.4 Å². The van der Waals surface area contributed by atoms with Gasteiger partial charge in [-0.1, -0.05) is 18.2 Å². The van der Waals surface area contributed by atoms with Crippen molar-refractivity contribution in [3.8, 4) is 5.75 Å². The molecule has 1 aromatic rings. The van der Waals surface area contributed by atoms with Crippen molar-refractivity contribution in [3.63, 3.8) is 0 Å². The van der Waals surface area contributed by atoms with Crippen LogP contribution in [0.25, 0.3) is 0 Å². The Hall–Kier alpha value is -1.19. The highest BCUT2D eigenvalue weighted by atomic mass is 32.2. The maximum atomic E-state index is 12.0. The smallest absolute Gasteiger partial charge is 0.278 e. The van der Waals surface area contributed by atoms with Crippen LogP contribution in [0.4, 0.5) is 0 Å². The molecular weight excluding hydrogens is 318 g/mol. The molecule has 1 aromatic carbocycles. The Morgan fingerprint density at radius 2 is 1.96 bits per heavy atom. The zero-order valence-corrected chi connectivity index (χ0v) is 14.7. The molecule has 1 aliphatic heterocycles. The molecule has 0 radical (unpaired) electrons. The Morgan fingerprint density at radius 3 is 2.57 bits per heavy atom. The molecule has 1 saturated heterocycles. The first kappa shape index (κ1) is 18.2. The maximum absolute atomic E-state index is 12.0. The van der Waals surface area contributed by atoms with Crippen molar-refractivity contribution in [2.45, 2.75) is 6.04 Å². The van der Waals surface area contributed by atoms with E-state index in [0.717, 1.165) is 24.4 Å². The average molecular weight is 343 g/mol. The number of nitrogens with zero attached hydrogens (tertiary/aromatic N) is 2. The van der Waals surface area contributed by atoms with E-state index in [-0.39, 0.29) is 12.6 Å². The summed E-state index contributed by atoms with van der Waals surface area (Å²) in [6.07, 6.45) is 0. The average Bonchev–Trinajstić information content (AvgIpc) is 2.56. The second-order valence-corrected chi connectivity index (χ2v) is 7.51. The number of hydrogen-bond acceptors (Lipinski definition) is 5. The number of ether oxygens (including phenoxy) is 2. The molecule has 0 spiro atoms. The first-order valence-corrected chi connectivity index (χ1v) is 9.01. The molecule has 8 heteroatoms. The van der Waals surface area contributed by atoms with E-state index >= 15 is 0 Å². The predicted molar refractivity (Wildman–Crippen MR) is 88.7 cm³/mol. The van der Waals surface area contributed by atoms with Gasteiger partial charge in [0.1, 0.15) is 5.75 Å². The molecule has 0 aliphatic carbocycles. The van der Waals surface area contributed by atoms with Gasteiger partial charge in [-0.2, -0.15) is 12.7 Å². The molecule has 1 heterocycles. The zero-order chi connectivity index (χ0) is 16.9. The van der Waals surface area contributed by atoms with Gasteiger partial charge in [0.15, 0.2) is 0 Å². The van der Waals surface area contributed by atoms with Crippen LogP contribution >= 0.6 is 0 Å². The molecular formula is C15H25N3O4S. The lowest BCUT2D eigenvalue weighted by Gasteiger charge is -2.35. The standard InChI is InChI=1S/C15H25N3O4S/c1-17(2)23(19,20)16-12-14(18-8-10-22-11-9-18)13-6-4-5-7-15(13)21-3/h4-7,14,16H,8-12H2,1-3H3. The SMILES string of the molecule is COc1ccccc1C(CNS(=O)(=O)N(C)C)N1CCOCC1. The molecule has 1 unspecified atom stereocenters. The summed E-state index contributed by atoms with van der Waals surface area (Å²) in [7, 11) is 1.17. The van der Waals surface area contributed by atoms with Crippen LogP contribution in [-0.2, 0) is 14.9 Å². The number of para-hydroxylation sites is 1. The quantitative estimate of drug-likeness (QED) is 0.779. The van der Waals surface area contributed by atoms with Crippen molar-refractivity contribution < 1.29 is 17.9 Å². The molecule has 2 rings (SSSR count). The van der Waals surface area contributed by atoms with Crippen molar-refractivity contribution >= 4 is 10.2 Å². The molecule has 1 atom stereocenters. The summed E-state index contributed by atoms with van der Waals surface area (Å²) >= 11 is 0. The highest BCUT2D eigenvalue weighted by Gasteiger charge is 2.27. The molecule has 0 bridgehead atoms. The van der Waals surface area contributed by atoms with Crippen molar-refractivity contribution in [3.05, 3.63) is 29.8 Å². The number of nitrogens with one attached hydrogen (secondary N) is 1. The van der Waals surface area contributed by atoms with Crippen LogP contribution in [0.3, 0.4) is 0 Å². The third-order valence-electron chi connectivity index (χ3n) is 3.92. The lowest BCUT2D eigenvalue weighted by Crippen LogP contribution is -2.45. The van der Waals surface area contributed by atoms with Gasteiger partial charge < -0.3 is 9.47 Å². The minimum atomic E-state index is -3.47. The van der Waals surface area contributed by atoms with Gasteiger partial charge in [0, 0.05) is 39.3 Å². The Morgan fingerprint density at radius 1 is 1.30 bits per heavy atom. The van der Waals surface area contributed by atoms with E-state index in [1.54, 1.807) is 7.11 Å². The number of methoxy groups -OCH3 is 1. The van der Waals surface area contributed by atoms with Gasteiger partial charge in [-0.05, 0) is 6.07 Å². The summed E-state index contributed by atoms with van der Waals surface area (Å²) in [6, 6.07) is 7.60. The van der Waals surface area contributed by atoms with Crippen LogP contribution in [0.1, 0.15) is 11.6 Å². The van der Waals surface area contributed by atoms with Gasteiger partial charge in [0.25, 0.3) is 10.2 Å². The lowest BCUT2D eigenvalue weighted by atomic mass is 10.0. The molecule has 130 valence electrons. The topological polar surface area (TPSA) is 71.1 Å². The number of rotatable bonds is 7. The molecule has 0 saturated carbocycles. The summed E-state index contributed by atoms with van der Waals surface area (Å²) in [6.45, 7) is 3.08. The van der Waals surface area contributed by atoms with Crippen LogP contribution in [0.15, 0.2) is 24.3 Å². The molecule has 1 N–H and O–H groups in total. The van der Waals surface area contributed by atoms with Gasteiger partial charge in [-0.3, -0.25) is 4.90 Å². The summed E-state index contributed by atoms with van der Waals surface area (Å²) in [4.78, 5) is 2.22. The van der Waals surface area contributed by atoms with E-state index in [9.17, 15) is 8.42 Å². The molecule has 1 aliphatic rings. The fourth-order valence-electron chi connectivity index (χ4n) is 2.58. The molecule has 0 aromatic heterocycles. The maximum Gasteiger partial charge on any atom is 0.278 e. The van der Waals surface area contributed by atoms with Gasteiger partial charge in [-0.15, -0.1) is 0 Å². The Kier molecular flexibility index (Phi) is 6.37. The number of hydrogen-bond donors (Lipinski definition) is 1. The Balaban J connectivity index is 2.24. The van der Waals surface area contributed by atoms with Crippen LogP contribution in [0, 0.1) is 0 Å². The largest absolute Gasteiger partial charge is 0.496 e. The summed E-state index contributed by atoms with van der Waals surface area (Å²) < 4.78 is 38.8. The zero-order valence-electron chi connectivity index (χ0n) is 13.9. The van der Waals surface area contributed by atoms with Crippen LogP contribution < -0.4 is 9.46 Å². The fourth-order valence-corrected chi connectivity index (χ4v) is 3.21. The van der Waals surface area contributed by atoms with Crippen LogP contribution in [0.5, 0.6) is 5.75 Å². The highest BCUT2D eigenvalue weighted by Crippen LogP contribution is 2.29. The predicted octanol–water partition coefficient (Wildman–Crippen LogP) is 0.465. The van der Waals surface area contributed by atoms with Gasteiger partial charge in [0.2, 0.25) is 0 Å². The fraction of sp³-hybridized carbons (Fsp3) is 0.600. The highest BCUT2D eigenvalue weighted by molar-refractivity contribution is 7.87. The minimum absolute atomic E-state index is 0.107. The summed E-state index contributed by atoms with van der Waals surface area (Å²) in [5.74, 6) is 0.757. The van der Waals surface area contributed by atoms with E-state index < -0.39 is 10.2 Å². The minimum Gasteiger partial charge on any atom is -0.496 e. The van der Waals surface area contributed by atoms with E-state index in [1.165, 1.54) is 18.4 Å². The van der Waals surface area contributed by atoms with Crippen molar-refractivity contribution in [1.82, 2.24) is 13.9 Å². The Labute approximate surface area is 138 Å². The third-order valence-corrected chi connectivity index (χ3v) is 5.42. The molecule has 0 amide bonds. The lowest BCUT2D eigenvalue weighted by molar-refractivity contribution is 0.0167. The van der Waals surface area contributed by atoms with Crippen molar-refractivity contribution in [2.75, 3.05) is 54.1 Å². The normalized spacial score (nSPS) is 18.1. The van der Waals surface area contributed by atoms with Gasteiger partial charge in [-0.25, -0.2) is 4.72 Å². The third kappa shape index (κ3) is 4.65.